The summed E-state index contributed by atoms with van der Waals surface area (Å²) in [5, 5.41) is 4.24. The average molecular weight is 175 g/mol. The molecule has 2 aromatic rings. The van der Waals surface area contributed by atoms with Gasteiger partial charge in [-0.3, -0.25) is 0 Å². The van der Waals surface area contributed by atoms with Crippen molar-refractivity contribution in [1.29, 1.82) is 0 Å². The summed E-state index contributed by atoms with van der Waals surface area (Å²) in [5.74, 6) is 0.995. The van der Waals surface area contributed by atoms with Gasteiger partial charge in [0.15, 0.2) is 0 Å². The van der Waals surface area contributed by atoms with E-state index in [0.29, 0.717) is 0 Å². The summed E-state index contributed by atoms with van der Waals surface area (Å²) >= 11 is 0. The maximum Gasteiger partial charge on any atom is 0.135 e. The molecular formula is C10H13N3. The Morgan fingerprint density at radius 1 is 1.15 bits per heavy atom. The summed E-state index contributed by atoms with van der Waals surface area (Å²) in [5.41, 5.74) is 1.13. The monoisotopic (exact) mass is 175 g/mol. The number of hydrogen-bond acceptors (Lipinski definition) is 2. The highest BCUT2D eigenvalue weighted by molar-refractivity contribution is 5.44. The van der Waals surface area contributed by atoms with E-state index in [1.807, 2.05) is 22.8 Å². The van der Waals surface area contributed by atoms with E-state index in [1.165, 1.54) is 0 Å². The minimum atomic E-state index is 0.0333. The van der Waals surface area contributed by atoms with Crippen molar-refractivity contribution >= 4 is 5.52 Å². The van der Waals surface area contributed by atoms with Crippen LogP contribution in [0.4, 0.5) is 0 Å². The molecular weight excluding hydrogens is 162 g/mol. The summed E-state index contributed by atoms with van der Waals surface area (Å²) in [4.78, 5) is 4.35. The first-order valence-corrected chi connectivity index (χ1v) is 4.38. The topological polar surface area (TPSA) is 30.2 Å². The summed E-state index contributed by atoms with van der Waals surface area (Å²) in [6.07, 6.45) is 3.63. The Kier molecular flexibility index (Phi) is 1.62. The molecule has 13 heavy (non-hydrogen) atoms. The Balaban J connectivity index is 2.75. The van der Waals surface area contributed by atoms with E-state index in [1.54, 1.807) is 6.20 Å². The van der Waals surface area contributed by atoms with E-state index >= 15 is 0 Å². The van der Waals surface area contributed by atoms with E-state index < -0.39 is 0 Å². The van der Waals surface area contributed by atoms with Gasteiger partial charge in [-0.1, -0.05) is 20.8 Å². The van der Waals surface area contributed by atoms with Crippen LogP contribution < -0.4 is 0 Å². The Morgan fingerprint density at radius 3 is 2.54 bits per heavy atom. The van der Waals surface area contributed by atoms with E-state index in [9.17, 15) is 0 Å². The van der Waals surface area contributed by atoms with Gasteiger partial charge in [-0.2, -0.15) is 5.10 Å². The fourth-order valence-corrected chi connectivity index (χ4v) is 1.37. The summed E-state index contributed by atoms with van der Waals surface area (Å²) < 4.78 is 1.89. The van der Waals surface area contributed by atoms with Gasteiger partial charge in [0.2, 0.25) is 0 Å². The second kappa shape index (κ2) is 2.55. The standard InChI is InChI=1S/C10H13N3/c1-10(2,3)9-11-6-4-8-5-7-12-13(8)9/h4-7H,1-3H3. The van der Waals surface area contributed by atoms with Crippen molar-refractivity contribution < 1.29 is 0 Å². The van der Waals surface area contributed by atoms with Crippen LogP contribution in [0.2, 0.25) is 0 Å². The van der Waals surface area contributed by atoms with Crippen molar-refractivity contribution in [3.63, 3.8) is 0 Å². The highest BCUT2D eigenvalue weighted by atomic mass is 15.3. The highest BCUT2D eigenvalue weighted by Crippen LogP contribution is 2.19. The summed E-state index contributed by atoms with van der Waals surface area (Å²) in [6.45, 7) is 6.41. The van der Waals surface area contributed by atoms with Gasteiger partial charge in [-0.25, -0.2) is 9.50 Å². The molecule has 0 aromatic carbocycles. The van der Waals surface area contributed by atoms with Crippen LogP contribution in [0.3, 0.4) is 0 Å². The SMILES string of the molecule is CC(C)(C)c1nccc2ccnn12. The first-order valence-electron chi connectivity index (χ1n) is 4.38. The second-order valence-corrected chi connectivity index (χ2v) is 4.19. The predicted octanol–water partition coefficient (Wildman–Crippen LogP) is 2.03. The minimum Gasteiger partial charge on any atom is -0.241 e. The third-order valence-corrected chi connectivity index (χ3v) is 1.99. The van der Waals surface area contributed by atoms with Crippen LogP contribution in [0.1, 0.15) is 26.6 Å². The molecule has 0 aliphatic rings. The lowest BCUT2D eigenvalue weighted by atomic mass is 9.95. The Labute approximate surface area is 77.4 Å². The average Bonchev–Trinajstić information content (AvgIpc) is 2.48. The molecule has 0 aliphatic heterocycles. The summed E-state index contributed by atoms with van der Waals surface area (Å²) in [7, 11) is 0. The van der Waals surface area contributed by atoms with Crippen LogP contribution in [-0.4, -0.2) is 14.6 Å². The number of aromatic nitrogens is 3. The molecule has 0 saturated carbocycles. The van der Waals surface area contributed by atoms with Crippen LogP contribution >= 0.6 is 0 Å². The lowest BCUT2D eigenvalue weighted by molar-refractivity contribution is 0.524. The maximum atomic E-state index is 4.35. The van der Waals surface area contributed by atoms with Gasteiger partial charge in [-0.15, -0.1) is 0 Å². The zero-order valence-corrected chi connectivity index (χ0v) is 8.15. The largest absolute Gasteiger partial charge is 0.241 e. The maximum absolute atomic E-state index is 4.35. The molecule has 3 nitrogen and oxygen atoms in total. The normalized spacial score (nSPS) is 12.2. The van der Waals surface area contributed by atoms with Gasteiger partial charge < -0.3 is 0 Å². The molecule has 2 rings (SSSR count). The number of fused-ring (bicyclic) bond motifs is 1. The molecule has 2 aromatic heterocycles. The van der Waals surface area contributed by atoms with Gasteiger partial charge in [0.1, 0.15) is 5.82 Å². The molecule has 0 spiro atoms. The molecule has 0 aliphatic carbocycles. The Bertz CT molecular complexity index is 423. The molecule has 3 heteroatoms. The molecule has 0 unspecified atom stereocenters. The van der Waals surface area contributed by atoms with Crippen molar-refractivity contribution in [2.75, 3.05) is 0 Å². The van der Waals surface area contributed by atoms with Gasteiger partial charge in [-0.05, 0) is 12.1 Å². The van der Waals surface area contributed by atoms with Crippen LogP contribution in [0.15, 0.2) is 24.5 Å². The minimum absolute atomic E-state index is 0.0333. The molecule has 68 valence electrons. The van der Waals surface area contributed by atoms with E-state index in [0.717, 1.165) is 11.3 Å². The van der Waals surface area contributed by atoms with Gasteiger partial charge in [0.05, 0.1) is 11.7 Å². The van der Waals surface area contributed by atoms with Crippen molar-refractivity contribution in [1.82, 2.24) is 14.6 Å². The Morgan fingerprint density at radius 2 is 1.85 bits per heavy atom. The fraction of sp³-hybridized carbons (Fsp3) is 0.400. The van der Waals surface area contributed by atoms with Crippen LogP contribution in [0, 0.1) is 0 Å². The lowest BCUT2D eigenvalue weighted by Gasteiger charge is -2.17. The van der Waals surface area contributed by atoms with Crippen LogP contribution in [-0.2, 0) is 5.41 Å². The molecule has 0 amide bonds. The van der Waals surface area contributed by atoms with Crippen LogP contribution in [0.25, 0.3) is 5.52 Å². The van der Waals surface area contributed by atoms with E-state index in [2.05, 4.69) is 30.9 Å². The van der Waals surface area contributed by atoms with Crippen molar-refractivity contribution in [2.45, 2.75) is 26.2 Å². The first-order chi connectivity index (χ1) is 6.09. The molecule has 0 radical (unpaired) electrons. The molecule has 0 saturated heterocycles. The first kappa shape index (κ1) is 8.23. The third kappa shape index (κ3) is 1.30. The number of nitrogens with zero attached hydrogens (tertiary/aromatic N) is 3. The van der Waals surface area contributed by atoms with Gasteiger partial charge in [0.25, 0.3) is 0 Å². The number of rotatable bonds is 0. The predicted molar refractivity (Wildman–Crippen MR) is 51.7 cm³/mol. The highest BCUT2D eigenvalue weighted by Gasteiger charge is 2.18. The lowest BCUT2D eigenvalue weighted by Crippen LogP contribution is -2.18. The van der Waals surface area contributed by atoms with Crippen molar-refractivity contribution in [3.8, 4) is 0 Å². The molecule has 0 N–H and O–H groups in total. The molecule has 0 bridgehead atoms. The zero-order chi connectivity index (χ0) is 9.47. The number of hydrogen-bond donors (Lipinski definition) is 0. The molecule has 0 atom stereocenters. The van der Waals surface area contributed by atoms with Crippen molar-refractivity contribution in [2.24, 2.45) is 0 Å². The second-order valence-electron chi connectivity index (χ2n) is 4.19. The fourth-order valence-electron chi connectivity index (χ4n) is 1.37. The van der Waals surface area contributed by atoms with E-state index in [-0.39, 0.29) is 5.41 Å². The summed E-state index contributed by atoms with van der Waals surface area (Å²) in [6, 6.07) is 3.94. The zero-order valence-electron chi connectivity index (χ0n) is 8.15. The van der Waals surface area contributed by atoms with Gasteiger partial charge >= 0.3 is 0 Å². The third-order valence-electron chi connectivity index (χ3n) is 1.99. The molecule has 2 heterocycles. The van der Waals surface area contributed by atoms with E-state index in [4.69, 9.17) is 0 Å². The van der Waals surface area contributed by atoms with Crippen molar-refractivity contribution in [3.05, 3.63) is 30.4 Å². The Hall–Kier alpha value is -1.38. The quantitative estimate of drug-likeness (QED) is 0.613. The van der Waals surface area contributed by atoms with Crippen LogP contribution in [0.5, 0.6) is 0 Å². The van der Waals surface area contributed by atoms with Gasteiger partial charge in [0, 0.05) is 11.6 Å². The molecule has 0 fully saturated rings. The smallest absolute Gasteiger partial charge is 0.135 e.